The van der Waals surface area contributed by atoms with Crippen LogP contribution in [0.3, 0.4) is 0 Å². The van der Waals surface area contributed by atoms with E-state index < -0.39 is 0 Å². The highest BCUT2D eigenvalue weighted by molar-refractivity contribution is 5.80. The molecule has 0 heterocycles. The van der Waals surface area contributed by atoms with E-state index in [0.717, 1.165) is 11.4 Å². The Morgan fingerprint density at radius 2 is 1.44 bits per heavy atom. The van der Waals surface area contributed by atoms with Crippen molar-refractivity contribution in [3.05, 3.63) is 54.0 Å². The van der Waals surface area contributed by atoms with Gasteiger partial charge in [-0.25, -0.2) is 4.99 Å². The Morgan fingerprint density at radius 3 is 1.76 bits per heavy atom. The maximum Gasteiger partial charge on any atom is 0.153 e. The van der Waals surface area contributed by atoms with E-state index in [-0.39, 0.29) is 0 Å². The lowest BCUT2D eigenvalue weighted by molar-refractivity contribution is 0.867. The number of hydrogen-bond donors (Lipinski definition) is 2. The second kappa shape index (κ2) is 18.3. The second-order valence-electron chi connectivity index (χ2n) is 4.97. The van der Waals surface area contributed by atoms with Crippen molar-refractivity contribution >= 4 is 11.4 Å². The molecule has 0 spiro atoms. The van der Waals surface area contributed by atoms with Crippen LogP contribution in [0.25, 0.3) is 0 Å². The van der Waals surface area contributed by atoms with Crippen LogP contribution in [-0.4, -0.2) is 5.71 Å². The van der Waals surface area contributed by atoms with Crippen molar-refractivity contribution < 1.29 is 0 Å². The summed E-state index contributed by atoms with van der Waals surface area (Å²) in [4.78, 5) is 4.39. The molecule has 0 radical (unpaired) electrons. The highest BCUT2D eigenvalue weighted by Crippen LogP contribution is 2.19. The predicted octanol–water partition coefficient (Wildman–Crippen LogP) is 7.10. The third-order valence-electron chi connectivity index (χ3n) is 2.67. The maximum absolute atomic E-state index is 5.88. The average Bonchev–Trinajstić information content (AvgIpc) is 2.65. The Labute approximate surface area is 157 Å². The Kier molecular flexibility index (Phi) is 20.4. The fourth-order valence-electron chi connectivity index (χ4n) is 1.57. The monoisotopic (exact) mass is 347 g/mol. The number of nitrogens with one attached hydrogen (secondary N) is 1. The molecule has 3 nitrogen and oxygen atoms in total. The van der Waals surface area contributed by atoms with Crippen LogP contribution in [0.1, 0.15) is 80.7 Å². The molecule has 0 aliphatic heterocycles. The molecule has 1 aromatic carbocycles. The summed E-state index contributed by atoms with van der Waals surface area (Å²) < 4.78 is 0. The Bertz CT molecular complexity index is 491. The van der Waals surface area contributed by atoms with Crippen molar-refractivity contribution in [1.29, 1.82) is 0 Å². The van der Waals surface area contributed by atoms with E-state index in [1.807, 2.05) is 67.5 Å². The summed E-state index contributed by atoms with van der Waals surface area (Å²) in [5.41, 5.74) is 9.63. The summed E-state index contributed by atoms with van der Waals surface area (Å²) in [5, 5.41) is 3.22. The van der Waals surface area contributed by atoms with Gasteiger partial charge in [0.1, 0.15) is 0 Å². The number of nitrogens with zero attached hydrogens (tertiary/aromatic N) is 1. The van der Waals surface area contributed by atoms with Gasteiger partial charge >= 0.3 is 0 Å². The molecule has 0 saturated carbocycles. The van der Waals surface area contributed by atoms with Crippen molar-refractivity contribution in [3.8, 4) is 0 Å². The summed E-state index contributed by atoms with van der Waals surface area (Å²) in [7, 11) is 0. The highest BCUT2D eigenvalue weighted by Gasteiger charge is 2.02. The first-order valence-electron chi connectivity index (χ1n) is 9.45. The van der Waals surface area contributed by atoms with Gasteiger partial charge in [0.15, 0.2) is 5.82 Å². The van der Waals surface area contributed by atoms with E-state index in [2.05, 4.69) is 42.9 Å². The molecule has 3 N–H and O–H groups in total. The number of anilines is 1. The first kappa shape index (κ1) is 27.8. The van der Waals surface area contributed by atoms with Crippen LogP contribution in [0.2, 0.25) is 0 Å². The molecule has 0 bridgehead atoms. The molecule has 144 valence electrons. The minimum atomic E-state index is 0.526. The Balaban J connectivity index is -0.000000725. The number of hydrogen-bond acceptors (Lipinski definition) is 3. The zero-order valence-corrected chi connectivity index (χ0v) is 18.2. The SMILES string of the molecule is C=C/C(N)=C(/N=C(C)C)Nc1ccc(C(C)C)cc1.CC.CC.CC. The van der Waals surface area contributed by atoms with E-state index in [4.69, 9.17) is 5.73 Å². The van der Waals surface area contributed by atoms with Gasteiger partial charge in [-0.15, -0.1) is 0 Å². The Hall–Kier alpha value is -2.03. The van der Waals surface area contributed by atoms with E-state index >= 15 is 0 Å². The zero-order valence-electron chi connectivity index (χ0n) is 18.2. The van der Waals surface area contributed by atoms with Gasteiger partial charge in [0, 0.05) is 11.4 Å². The van der Waals surface area contributed by atoms with Crippen molar-refractivity contribution in [3.63, 3.8) is 0 Å². The predicted molar refractivity (Wildman–Crippen MR) is 118 cm³/mol. The van der Waals surface area contributed by atoms with Gasteiger partial charge in [-0.3, -0.25) is 0 Å². The molecule has 1 rings (SSSR count). The van der Waals surface area contributed by atoms with Crippen molar-refractivity contribution in [2.45, 2.75) is 75.2 Å². The largest absolute Gasteiger partial charge is 0.396 e. The van der Waals surface area contributed by atoms with Crippen LogP contribution < -0.4 is 11.1 Å². The fraction of sp³-hybridized carbons (Fsp3) is 0.500. The van der Waals surface area contributed by atoms with Crippen molar-refractivity contribution in [1.82, 2.24) is 0 Å². The summed E-state index contributed by atoms with van der Waals surface area (Å²) in [6.45, 7) is 23.9. The van der Waals surface area contributed by atoms with Crippen LogP contribution in [0.5, 0.6) is 0 Å². The maximum atomic E-state index is 5.88. The molecule has 0 atom stereocenters. The summed E-state index contributed by atoms with van der Waals surface area (Å²) >= 11 is 0. The van der Waals surface area contributed by atoms with Gasteiger partial charge in [-0.2, -0.15) is 0 Å². The zero-order chi connectivity index (χ0) is 20.4. The molecule has 0 fully saturated rings. The van der Waals surface area contributed by atoms with E-state index in [1.54, 1.807) is 6.08 Å². The minimum absolute atomic E-state index is 0.526. The van der Waals surface area contributed by atoms with Crippen molar-refractivity contribution in [2.24, 2.45) is 10.7 Å². The normalized spacial score (nSPS) is 9.72. The van der Waals surface area contributed by atoms with Gasteiger partial charge in [0.25, 0.3) is 0 Å². The molecule has 0 amide bonds. The smallest absolute Gasteiger partial charge is 0.153 e. The Morgan fingerprint density at radius 1 is 1.00 bits per heavy atom. The third kappa shape index (κ3) is 13.0. The number of nitrogens with two attached hydrogens (primary N) is 1. The molecule has 3 heteroatoms. The molecule has 0 saturated heterocycles. The van der Waals surface area contributed by atoms with Crippen LogP contribution in [0.4, 0.5) is 5.69 Å². The molecular weight excluding hydrogens is 306 g/mol. The summed E-state index contributed by atoms with van der Waals surface area (Å²) in [6.07, 6.45) is 1.59. The van der Waals surface area contributed by atoms with E-state index in [1.165, 1.54) is 5.56 Å². The first-order chi connectivity index (χ1) is 11.9. The lowest BCUT2D eigenvalue weighted by Crippen LogP contribution is -2.08. The van der Waals surface area contributed by atoms with Gasteiger partial charge in [-0.1, -0.05) is 74.1 Å². The van der Waals surface area contributed by atoms with Crippen molar-refractivity contribution in [2.75, 3.05) is 5.32 Å². The number of aliphatic imine (C=N–C) groups is 1. The average molecular weight is 348 g/mol. The molecule has 25 heavy (non-hydrogen) atoms. The highest BCUT2D eigenvalue weighted by atomic mass is 15.1. The van der Waals surface area contributed by atoms with E-state index in [9.17, 15) is 0 Å². The van der Waals surface area contributed by atoms with Crippen LogP contribution in [0, 0.1) is 0 Å². The second-order valence-corrected chi connectivity index (χ2v) is 4.97. The molecule has 0 aliphatic rings. The quantitative estimate of drug-likeness (QED) is 0.441. The van der Waals surface area contributed by atoms with Gasteiger partial charge in [-0.05, 0) is 43.5 Å². The third-order valence-corrected chi connectivity index (χ3v) is 2.67. The molecule has 1 aromatic rings. The van der Waals surface area contributed by atoms with Crippen LogP contribution in [0.15, 0.2) is 53.4 Å². The standard InChI is InChI=1S/C16H23N3.3C2H6/c1-6-15(17)16(18-12(4)5)19-14-9-7-13(8-10-14)11(2)3;3*1-2/h6-11,19H,1,17H2,2-5H3;3*1-2H3/b16-15+;;;. The van der Waals surface area contributed by atoms with Crippen LogP contribution in [-0.2, 0) is 0 Å². The van der Waals surface area contributed by atoms with Gasteiger partial charge < -0.3 is 11.1 Å². The number of rotatable bonds is 5. The topological polar surface area (TPSA) is 50.4 Å². The first-order valence-corrected chi connectivity index (χ1v) is 9.45. The summed E-state index contributed by atoms with van der Waals surface area (Å²) in [5.74, 6) is 1.16. The minimum Gasteiger partial charge on any atom is -0.396 e. The molecule has 0 aliphatic carbocycles. The van der Waals surface area contributed by atoms with Gasteiger partial charge in [0.05, 0.1) is 5.70 Å². The number of allylic oxidation sites excluding steroid dienone is 1. The van der Waals surface area contributed by atoms with Gasteiger partial charge in [0.2, 0.25) is 0 Å². The molecule has 0 aromatic heterocycles. The lowest BCUT2D eigenvalue weighted by atomic mass is 10.0. The van der Waals surface area contributed by atoms with Crippen LogP contribution >= 0.6 is 0 Å². The molecular formula is C22H41N3. The fourth-order valence-corrected chi connectivity index (χ4v) is 1.57. The number of benzene rings is 1. The summed E-state index contributed by atoms with van der Waals surface area (Å²) in [6, 6.07) is 8.28. The van der Waals surface area contributed by atoms with E-state index in [0.29, 0.717) is 17.4 Å². The molecule has 0 unspecified atom stereocenters. The lowest BCUT2D eigenvalue weighted by Gasteiger charge is -2.11.